The van der Waals surface area contributed by atoms with Gasteiger partial charge < -0.3 is 15.4 Å². The average molecular weight is 286 g/mol. The molecule has 20 heavy (non-hydrogen) atoms. The van der Waals surface area contributed by atoms with Crippen LogP contribution in [0.5, 0.6) is 0 Å². The molecule has 0 aliphatic heterocycles. The van der Waals surface area contributed by atoms with Gasteiger partial charge >= 0.3 is 6.09 Å². The molecule has 0 aromatic carbocycles. The third-order valence-electron chi connectivity index (χ3n) is 3.54. The van der Waals surface area contributed by atoms with Crippen molar-refractivity contribution in [1.29, 1.82) is 0 Å². The van der Waals surface area contributed by atoms with Crippen molar-refractivity contribution >= 4 is 6.09 Å². The highest BCUT2D eigenvalue weighted by Crippen LogP contribution is 2.16. The summed E-state index contributed by atoms with van der Waals surface area (Å²) in [6, 6.07) is 0. The third kappa shape index (κ3) is 8.41. The molecule has 2 N–H and O–H groups in total. The van der Waals surface area contributed by atoms with Crippen LogP contribution < -0.4 is 10.6 Å². The van der Waals surface area contributed by atoms with Crippen molar-refractivity contribution < 1.29 is 9.53 Å². The van der Waals surface area contributed by atoms with Crippen LogP contribution in [0.1, 0.15) is 73.6 Å². The summed E-state index contributed by atoms with van der Waals surface area (Å²) < 4.78 is 5.36. The number of ether oxygens (including phenoxy) is 1. The monoisotopic (exact) mass is 286 g/mol. The highest BCUT2D eigenvalue weighted by Gasteiger charge is 2.29. The van der Waals surface area contributed by atoms with Gasteiger partial charge in [0.25, 0.3) is 0 Å². The Kier molecular flexibility index (Phi) is 8.86. The maximum absolute atomic E-state index is 12.0. The Morgan fingerprint density at radius 1 is 1.05 bits per heavy atom. The number of carbonyl (C=O) groups is 1. The van der Waals surface area contributed by atoms with Gasteiger partial charge in [-0.3, -0.25) is 0 Å². The number of alkyl carbamates (subject to hydrolysis) is 1. The molecule has 120 valence electrons. The lowest BCUT2D eigenvalue weighted by Crippen LogP contribution is -2.55. The van der Waals surface area contributed by atoms with Crippen molar-refractivity contribution in [3.8, 4) is 0 Å². The molecule has 0 spiro atoms. The van der Waals surface area contributed by atoms with Crippen LogP contribution in [0, 0.1) is 0 Å². The molecular weight excluding hydrogens is 252 g/mol. The van der Waals surface area contributed by atoms with Gasteiger partial charge in [-0.15, -0.1) is 0 Å². The predicted molar refractivity (Wildman–Crippen MR) is 85.1 cm³/mol. The van der Waals surface area contributed by atoms with Gasteiger partial charge in [-0.1, -0.05) is 33.6 Å². The minimum absolute atomic E-state index is 0.214. The van der Waals surface area contributed by atoms with Gasteiger partial charge in [0.15, 0.2) is 0 Å². The van der Waals surface area contributed by atoms with Crippen LogP contribution in [0.2, 0.25) is 0 Å². The first-order chi connectivity index (χ1) is 9.28. The number of amides is 1. The minimum atomic E-state index is -0.453. The Hall–Kier alpha value is -0.770. The van der Waals surface area contributed by atoms with Crippen molar-refractivity contribution in [3.63, 3.8) is 0 Å². The summed E-state index contributed by atoms with van der Waals surface area (Å²) in [6.07, 6.45) is 5.12. The SMILES string of the molecule is CCCCCNCC(CC)(CC)NC(=O)OC(C)(C)C. The van der Waals surface area contributed by atoms with Gasteiger partial charge in [0, 0.05) is 6.54 Å². The first-order valence-electron chi connectivity index (χ1n) is 8.00. The molecule has 0 aromatic rings. The van der Waals surface area contributed by atoms with Gasteiger partial charge in [0.2, 0.25) is 0 Å². The fourth-order valence-corrected chi connectivity index (χ4v) is 2.07. The Morgan fingerprint density at radius 2 is 1.65 bits per heavy atom. The van der Waals surface area contributed by atoms with Crippen LogP contribution in [-0.2, 0) is 4.74 Å². The second-order valence-electron chi connectivity index (χ2n) is 6.50. The van der Waals surface area contributed by atoms with Crippen molar-refractivity contribution in [1.82, 2.24) is 10.6 Å². The topological polar surface area (TPSA) is 50.4 Å². The lowest BCUT2D eigenvalue weighted by atomic mass is 9.93. The maximum Gasteiger partial charge on any atom is 0.408 e. The Balaban J connectivity index is 4.33. The van der Waals surface area contributed by atoms with E-state index in [9.17, 15) is 4.79 Å². The van der Waals surface area contributed by atoms with Crippen LogP contribution in [0.25, 0.3) is 0 Å². The van der Waals surface area contributed by atoms with Gasteiger partial charge in [0.1, 0.15) is 5.60 Å². The Labute approximate surface area is 125 Å². The van der Waals surface area contributed by atoms with E-state index in [4.69, 9.17) is 4.74 Å². The van der Waals surface area contributed by atoms with E-state index in [1.807, 2.05) is 20.8 Å². The standard InChI is InChI=1S/C16H34N2O2/c1-7-10-11-12-17-13-16(8-2,9-3)18-14(19)20-15(4,5)6/h17H,7-13H2,1-6H3,(H,18,19). The predicted octanol–water partition coefficient (Wildman–Crippen LogP) is 3.85. The number of hydrogen-bond donors (Lipinski definition) is 2. The zero-order valence-corrected chi connectivity index (χ0v) is 14.3. The third-order valence-corrected chi connectivity index (χ3v) is 3.54. The first-order valence-corrected chi connectivity index (χ1v) is 8.00. The van der Waals surface area contributed by atoms with Gasteiger partial charge in [-0.05, 0) is 46.6 Å². The van der Waals surface area contributed by atoms with Gasteiger partial charge in [-0.2, -0.15) is 0 Å². The van der Waals surface area contributed by atoms with Crippen molar-refractivity contribution in [2.75, 3.05) is 13.1 Å². The quantitative estimate of drug-likeness (QED) is 0.633. The van der Waals surface area contributed by atoms with E-state index in [1.165, 1.54) is 19.3 Å². The van der Waals surface area contributed by atoms with Gasteiger partial charge in [-0.25, -0.2) is 4.79 Å². The molecule has 0 heterocycles. The largest absolute Gasteiger partial charge is 0.444 e. The minimum Gasteiger partial charge on any atom is -0.444 e. The fraction of sp³-hybridized carbons (Fsp3) is 0.938. The van der Waals surface area contributed by atoms with Crippen molar-refractivity contribution in [3.05, 3.63) is 0 Å². The normalized spacial score (nSPS) is 12.3. The lowest BCUT2D eigenvalue weighted by Gasteiger charge is -2.34. The van der Waals surface area contributed by atoms with Crippen LogP contribution in [-0.4, -0.2) is 30.3 Å². The highest BCUT2D eigenvalue weighted by atomic mass is 16.6. The summed E-state index contributed by atoms with van der Waals surface area (Å²) in [5.74, 6) is 0. The van der Waals surface area contributed by atoms with E-state index < -0.39 is 5.60 Å². The summed E-state index contributed by atoms with van der Waals surface area (Å²) in [5, 5.41) is 6.51. The van der Waals surface area contributed by atoms with E-state index in [-0.39, 0.29) is 11.6 Å². The molecule has 0 bridgehead atoms. The molecule has 0 saturated carbocycles. The smallest absolute Gasteiger partial charge is 0.408 e. The summed E-state index contributed by atoms with van der Waals surface area (Å²) >= 11 is 0. The second kappa shape index (κ2) is 9.22. The molecule has 1 amide bonds. The van der Waals surface area contributed by atoms with E-state index in [0.717, 1.165) is 25.9 Å². The second-order valence-corrected chi connectivity index (χ2v) is 6.50. The molecule has 4 nitrogen and oxygen atoms in total. The summed E-state index contributed by atoms with van der Waals surface area (Å²) in [4.78, 5) is 12.0. The average Bonchev–Trinajstić information content (AvgIpc) is 2.35. The van der Waals surface area contributed by atoms with E-state index in [0.29, 0.717) is 0 Å². The summed E-state index contributed by atoms with van der Waals surface area (Å²) in [7, 11) is 0. The number of rotatable bonds is 9. The Morgan fingerprint density at radius 3 is 2.10 bits per heavy atom. The number of nitrogens with one attached hydrogen (secondary N) is 2. The number of unbranched alkanes of at least 4 members (excludes halogenated alkanes) is 2. The van der Waals surface area contributed by atoms with E-state index in [1.54, 1.807) is 0 Å². The van der Waals surface area contributed by atoms with E-state index >= 15 is 0 Å². The molecule has 0 atom stereocenters. The number of hydrogen-bond acceptors (Lipinski definition) is 3. The van der Waals surface area contributed by atoms with E-state index in [2.05, 4.69) is 31.4 Å². The molecule has 0 rings (SSSR count). The fourth-order valence-electron chi connectivity index (χ4n) is 2.07. The molecule has 0 aliphatic rings. The van der Waals surface area contributed by atoms with Crippen LogP contribution in [0.15, 0.2) is 0 Å². The first kappa shape index (κ1) is 19.2. The zero-order chi connectivity index (χ0) is 15.6. The number of carbonyl (C=O) groups excluding carboxylic acids is 1. The van der Waals surface area contributed by atoms with Gasteiger partial charge in [0.05, 0.1) is 5.54 Å². The van der Waals surface area contributed by atoms with Crippen molar-refractivity contribution in [2.24, 2.45) is 0 Å². The molecule has 0 radical (unpaired) electrons. The maximum atomic E-state index is 12.0. The van der Waals surface area contributed by atoms with Crippen LogP contribution >= 0.6 is 0 Å². The molecular formula is C16H34N2O2. The molecule has 0 aromatic heterocycles. The molecule has 0 unspecified atom stereocenters. The summed E-state index contributed by atoms with van der Waals surface area (Å²) in [6.45, 7) is 13.9. The van der Waals surface area contributed by atoms with Crippen LogP contribution in [0.4, 0.5) is 4.79 Å². The highest BCUT2D eigenvalue weighted by molar-refractivity contribution is 5.68. The molecule has 4 heteroatoms. The van der Waals surface area contributed by atoms with Crippen molar-refractivity contribution in [2.45, 2.75) is 84.8 Å². The molecule has 0 aliphatic carbocycles. The molecule has 0 saturated heterocycles. The summed E-state index contributed by atoms with van der Waals surface area (Å²) in [5.41, 5.74) is -0.666. The lowest BCUT2D eigenvalue weighted by molar-refractivity contribution is 0.0446. The zero-order valence-electron chi connectivity index (χ0n) is 14.3. The molecule has 0 fully saturated rings. The van der Waals surface area contributed by atoms with Crippen LogP contribution in [0.3, 0.4) is 0 Å². The Bertz CT molecular complexity index is 268.